The molecule has 0 saturated heterocycles. The summed E-state index contributed by atoms with van der Waals surface area (Å²) in [7, 11) is 0. The maximum atomic E-state index is 11.0. The predicted molar refractivity (Wildman–Crippen MR) is 74.0 cm³/mol. The molecule has 0 bridgehead atoms. The Bertz CT molecular complexity index is 493. The number of hydrogen-bond acceptors (Lipinski definition) is 4. The van der Waals surface area contributed by atoms with Crippen molar-refractivity contribution < 1.29 is 24.2 Å². The van der Waals surface area contributed by atoms with E-state index in [1.165, 1.54) is 0 Å². The van der Waals surface area contributed by atoms with E-state index in [9.17, 15) is 9.59 Å². The fourth-order valence-electron chi connectivity index (χ4n) is 1.62. The number of benzene rings is 1. The maximum Gasteiger partial charge on any atom is 0.336 e. The SMILES string of the molecule is C=CC(=O)OCCCCOc1cccc(C(=O)O)c1C. The molecule has 0 fully saturated rings. The Hall–Kier alpha value is -2.30. The average molecular weight is 278 g/mol. The molecule has 0 aliphatic carbocycles. The third-order valence-corrected chi connectivity index (χ3v) is 2.72. The normalized spacial score (nSPS) is 9.85. The number of carbonyl (C=O) groups is 2. The van der Waals surface area contributed by atoms with Crippen LogP contribution in [0.25, 0.3) is 0 Å². The lowest BCUT2D eigenvalue weighted by atomic mass is 10.1. The molecule has 1 aromatic carbocycles. The molecule has 0 atom stereocenters. The highest BCUT2D eigenvalue weighted by Gasteiger charge is 2.10. The van der Waals surface area contributed by atoms with Gasteiger partial charge >= 0.3 is 11.9 Å². The number of ether oxygens (including phenoxy) is 2. The van der Waals surface area contributed by atoms with E-state index in [0.717, 1.165) is 6.08 Å². The van der Waals surface area contributed by atoms with Gasteiger partial charge in [-0.1, -0.05) is 12.6 Å². The van der Waals surface area contributed by atoms with Crippen molar-refractivity contribution in [3.63, 3.8) is 0 Å². The number of unbranched alkanes of at least 4 members (excludes halogenated alkanes) is 1. The number of esters is 1. The highest BCUT2D eigenvalue weighted by molar-refractivity contribution is 5.90. The molecule has 1 rings (SSSR count). The van der Waals surface area contributed by atoms with Gasteiger partial charge < -0.3 is 14.6 Å². The van der Waals surface area contributed by atoms with Gasteiger partial charge in [-0.15, -0.1) is 0 Å². The molecule has 0 spiro atoms. The Labute approximate surface area is 117 Å². The summed E-state index contributed by atoms with van der Waals surface area (Å²) in [6.45, 7) is 5.78. The van der Waals surface area contributed by atoms with Crippen LogP contribution in [0.2, 0.25) is 0 Å². The average Bonchev–Trinajstić information content (AvgIpc) is 2.43. The summed E-state index contributed by atoms with van der Waals surface area (Å²) in [5.41, 5.74) is 0.848. The van der Waals surface area contributed by atoms with Crippen LogP contribution in [0.5, 0.6) is 5.75 Å². The minimum atomic E-state index is -0.968. The van der Waals surface area contributed by atoms with Crippen molar-refractivity contribution in [3.05, 3.63) is 42.0 Å². The van der Waals surface area contributed by atoms with Crippen LogP contribution in [0.1, 0.15) is 28.8 Å². The van der Waals surface area contributed by atoms with Gasteiger partial charge in [0.05, 0.1) is 18.8 Å². The highest BCUT2D eigenvalue weighted by atomic mass is 16.5. The van der Waals surface area contributed by atoms with Gasteiger partial charge in [-0.2, -0.15) is 0 Å². The third kappa shape index (κ3) is 4.76. The summed E-state index contributed by atoms with van der Waals surface area (Å²) in [6, 6.07) is 4.93. The Morgan fingerprint density at radius 1 is 1.30 bits per heavy atom. The Kier molecular flexibility index (Phi) is 6.29. The predicted octanol–water partition coefficient (Wildman–Crippen LogP) is 2.58. The molecule has 1 N–H and O–H groups in total. The van der Waals surface area contributed by atoms with Crippen molar-refractivity contribution in [2.45, 2.75) is 19.8 Å². The molecule has 0 aliphatic heterocycles. The molecule has 0 heterocycles. The fourth-order valence-corrected chi connectivity index (χ4v) is 1.62. The first-order valence-corrected chi connectivity index (χ1v) is 6.31. The first kappa shape index (κ1) is 15.8. The Balaban J connectivity index is 2.36. The van der Waals surface area contributed by atoms with Crippen molar-refractivity contribution in [3.8, 4) is 5.75 Å². The van der Waals surface area contributed by atoms with Crippen LogP contribution in [0.4, 0.5) is 0 Å². The molecular weight excluding hydrogens is 260 g/mol. The second-order valence-corrected chi connectivity index (χ2v) is 4.16. The van der Waals surface area contributed by atoms with E-state index < -0.39 is 11.9 Å². The van der Waals surface area contributed by atoms with Crippen molar-refractivity contribution >= 4 is 11.9 Å². The number of carbonyl (C=O) groups excluding carboxylic acids is 1. The number of carboxylic acid groups (broad SMARTS) is 1. The zero-order valence-corrected chi connectivity index (χ0v) is 11.4. The first-order chi connectivity index (χ1) is 9.56. The van der Waals surface area contributed by atoms with Crippen LogP contribution in [-0.2, 0) is 9.53 Å². The lowest BCUT2D eigenvalue weighted by molar-refractivity contribution is -0.137. The number of carboxylic acids is 1. The Morgan fingerprint density at radius 2 is 2.00 bits per heavy atom. The number of rotatable bonds is 8. The van der Waals surface area contributed by atoms with E-state index in [1.54, 1.807) is 25.1 Å². The molecule has 5 heteroatoms. The van der Waals surface area contributed by atoms with Gasteiger partial charge in [0.1, 0.15) is 5.75 Å². The highest BCUT2D eigenvalue weighted by Crippen LogP contribution is 2.21. The monoisotopic (exact) mass is 278 g/mol. The van der Waals surface area contributed by atoms with E-state index in [2.05, 4.69) is 6.58 Å². The Morgan fingerprint density at radius 3 is 2.65 bits per heavy atom. The summed E-state index contributed by atoms with van der Waals surface area (Å²) < 4.78 is 10.4. The third-order valence-electron chi connectivity index (χ3n) is 2.72. The van der Waals surface area contributed by atoms with E-state index in [0.29, 0.717) is 37.4 Å². The quantitative estimate of drug-likeness (QED) is 0.449. The van der Waals surface area contributed by atoms with Crippen molar-refractivity contribution in [1.82, 2.24) is 0 Å². The summed E-state index contributed by atoms with van der Waals surface area (Å²) >= 11 is 0. The standard InChI is InChI=1S/C15H18O5/c1-3-14(16)20-10-5-4-9-19-13-8-6-7-12(11(13)2)15(17)18/h3,6-8H,1,4-5,9-10H2,2H3,(H,17,18). The molecule has 1 aromatic rings. The molecular formula is C15H18O5. The van der Waals surface area contributed by atoms with Gasteiger partial charge in [0.25, 0.3) is 0 Å². The molecule has 0 aromatic heterocycles. The molecule has 0 aliphatic rings. The van der Waals surface area contributed by atoms with Crippen LogP contribution < -0.4 is 4.74 Å². The molecule has 0 amide bonds. The zero-order chi connectivity index (χ0) is 15.0. The van der Waals surface area contributed by atoms with Gasteiger partial charge in [0.2, 0.25) is 0 Å². The lowest BCUT2D eigenvalue weighted by Crippen LogP contribution is -2.06. The lowest BCUT2D eigenvalue weighted by Gasteiger charge is -2.10. The van der Waals surface area contributed by atoms with E-state index in [1.807, 2.05) is 0 Å². The van der Waals surface area contributed by atoms with E-state index in [-0.39, 0.29) is 5.56 Å². The fraction of sp³-hybridized carbons (Fsp3) is 0.333. The summed E-state index contributed by atoms with van der Waals surface area (Å²) in [5, 5.41) is 8.99. The summed E-state index contributed by atoms with van der Waals surface area (Å²) in [6.07, 6.45) is 2.51. The van der Waals surface area contributed by atoms with E-state index >= 15 is 0 Å². The minimum Gasteiger partial charge on any atom is -0.493 e. The van der Waals surface area contributed by atoms with Crippen LogP contribution in [0.15, 0.2) is 30.9 Å². The van der Waals surface area contributed by atoms with Crippen LogP contribution in [0, 0.1) is 6.92 Å². The van der Waals surface area contributed by atoms with Crippen molar-refractivity contribution in [1.29, 1.82) is 0 Å². The van der Waals surface area contributed by atoms with Crippen molar-refractivity contribution in [2.24, 2.45) is 0 Å². The molecule has 108 valence electrons. The van der Waals surface area contributed by atoms with Crippen LogP contribution in [-0.4, -0.2) is 30.3 Å². The second-order valence-electron chi connectivity index (χ2n) is 4.16. The largest absolute Gasteiger partial charge is 0.493 e. The zero-order valence-electron chi connectivity index (χ0n) is 11.4. The van der Waals surface area contributed by atoms with Crippen LogP contribution in [0.3, 0.4) is 0 Å². The van der Waals surface area contributed by atoms with Gasteiger partial charge in [-0.05, 0) is 31.9 Å². The smallest absolute Gasteiger partial charge is 0.336 e. The van der Waals surface area contributed by atoms with Gasteiger partial charge in [-0.3, -0.25) is 0 Å². The van der Waals surface area contributed by atoms with Gasteiger partial charge in [0.15, 0.2) is 0 Å². The second kappa shape index (κ2) is 7.99. The minimum absolute atomic E-state index is 0.238. The van der Waals surface area contributed by atoms with Crippen LogP contribution >= 0.6 is 0 Å². The molecule has 0 radical (unpaired) electrons. The van der Waals surface area contributed by atoms with E-state index in [4.69, 9.17) is 14.6 Å². The molecule has 5 nitrogen and oxygen atoms in total. The number of hydrogen-bond donors (Lipinski definition) is 1. The van der Waals surface area contributed by atoms with Crippen molar-refractivity contribution in [2.75, 3.05) is 13.2 Å². The molecule has 0 unspecified atom stereocenters. The number of aromatic carboxylic acids is 1. The van der Waals surface area contributed by atoms with Gasteiger partial charge in [-0.25, -0.2) is 9.59 Å². The molecule has 20 heavy (non-hydrogen) atoms. The summed E-state index contributed by atoms with van der Waals surface area (Å²) in [4.78, 5) is 21.8. The first-order valence-electron chi connectivity index (χ1n) is 6.31. The summed E-state index contributed by atoms with van der Waals surface area (Å²) in [5.74, 6) is -0.840. The van der Waals surface area contributed by atoms with Gasteiger partial charge in [0, 0.05) is 11.6 Å². The molecule has 0 saturated carbocycles. The topological polar surface area (TPSA) is 72.8 Å². The maximum absolute atomic E-state index is 11.0.